The monoisotopic (exact) mass is 455 g/mol. The molecule has 0 saturated carbocycles. The molecule has 34 heavy (non-hydrogen) atoms. The summed E-state index contributed by atoms with van der Waals surface area (Å²) in [5.41, 5.74) is 5.76. The smallest absolute Gasteiger partial charge is 0.181 e. The Morgan fingerprint density at radius 2 is 1.79 bits per heavy atom. The van der Waals surface area contributed by atoms with E-state index in [-0.39, 0.29) is 5.82 Å². The minimum Gasteiger partial charge on any atom is -0.381 e. The summed E-state index contributed by atoms with van der Waals surface area (Å²) in [6.45, 7) is 4.40. The van der Waals surface area contributed by atoms with Crippen LogP contribution in [0.25, 0.3) is 33.5 Å². The molecule has 7 nitrogen and oxygen atoms in total. The Labute approximate surface area is 197 Å². The van der Waals surface area contributed by atoms with Crippen molar-refractivity contribution in [1.29, 1.82) is 0 Å². The van der Waals surface area contributed by atoms with Crippen LogP contribution in [0.3, 0.4) is 0 Å². The first-order valence-electron chi connectivity index (χ1n) is 11.3. The van der Waals surface area contributed by atoms with Crippen molar-refractivity contribution in [2.45, 2.75) is 20.0 Å². The third-order valence-corrected chi connectivity index (χ3v) is 5.85. The minimum absolute atomic E-state index is 0.244. The Kier molecular flexibility index (Phi) is 6.05. The number of rotatable bonds is 8. The average molecular weight is 456 g/mol. The summed E-state index contributed by atoms with van der Waals surface area (Å²) >= 11 is 0. The molecule has 0 bridgehead atoms. The molecular weight excluding hydrogens is 429 g/mol. The van der Waals surface area contributed by atoms with Crippen LogP contribution in [0, 0.1) is 5.82 Å². The number of aromatic nitrogens is 5. The molecule has 5 aromatic rings. The molecule has 0 atom stereocenters. The Morgan fingerprint density at radius 1 is 0.941 bits per heavy atom. The minimum atomic E-state index is -0.244. The van der Waals surface area contributed by atoms with Gasteiger partial charge in [0.25, 0.3) is 0 Å². The van der Waals surface area contributed by atoms with Gasteiger partial charge >= 0.3 is 0 Å². The Balaban J connectivity index is 1.40. The topological polar surface area (TPSA) is 85.5 Å². The molecule has 0 unspecified atom stereocenters. The molecule has 0 saturated heterocycles. The van der Waals surface area contributed by atoms with E-state index < -0.39 is 0 Å². The predicted octanol–water partition coefficient (Wildman–Crippen LogP) is 5.22. The van der Waals surface area contributed by atoms with Crippen LogP contribution < -0.4 is 5.32 Å². The second kappa shape index (κ2) is 9.44. The van der Waals surface area contributed by atoms with E-state index in [1.54, 1.807) is 12.1 Å². The van der Waals surface area contributed by atoms with Crippen molar-refractivity contribution in [3.8, 4) is 22.6 Å². The van der Waals surface area contributed by atoms with Gasteiger partial charge in [-0.1, -0.05) is 25.1 Å². The molecular formula is C26H26FN7. The molecule has 0 aliphatic carbocycles. The molecule has 0 radical (unpaired) electrons. The third-order valence-electron chi connectivity index (χ3n) is 5.85. The van der Waals surface area contributed by atoms with Crippen LogP contribution in [0.15, 0.2) is 66.7 Å². The number of fused-ring (bicyclic) bond motifs is 1. The summed E-state index contributed by atoms with van der Waals surface area (Å²) in [7, 11) is 2.05. The highest BCUT2D eigenvalue weighted by molar-refractivity contribution is 5.95. The van der Waals surface area contributed by atoms with Crippen molar-refractivity contribution in [3.63, 3.8) is 0 Å². The number of H-pyrrole nitrogens is 2. The van der Waals surface area contributed by atoms with Gasteiger partial charge in [0.2, 0.25) is 0 Å². The lowest BCUT2D eigenvalue weighted by molar-refractivity contribution is 0.337. The number of anilines is 1. The van der Waals surface area contributed by atoms with Gasteiger partial charge in [-0.15, -0.1) is 0 Å². The zero-order valence-corrected chi connectivity index (χ0v) is 19.1. The standard InChI is InChI=1S/C26H26FN7/c1-3-34(2)16-24-29-26(33-31-24)19-7-12-23-22(14-19)25(32-30-23)18-6-4-5-17(13-18)15-28-21-10-8-20(27)9-11-21/h4-14,28H,3,15-16H2,1-2H3,(H,30,32)(H,29,31,33). The van der Waals surface area contributed by atoms with Gasteiger partial charge in [-0.25, -0.2) is 9.37 Å². The zero-order valence-electron chi connectivity index (χ0n) is 19.1. The van der Waals surface area contributed by atoms with Gasteiger partial charge in [0.15, 0.2) is 5.82 Å². The molecule has 0 fully saturated rings. The van der Waals surface area contributed by atoms with E-state index in [9.17, 15) is 4.39 Å². The number of nitrogens with zero attached hydrogens (tertiary/aromatic N) is 4. The molecule has 172 valence electrons. The van der Waals surface area contributed by atoms with Crippen molar-refractivity contribution in [3.05, 3.63) is 83.9 Å². The highest BCUT2D eigenvalue weighted by atomic mass is 19.1. The van der Waals surface area contributed by atoms with Crippen LogP contribution in [0.2, 0.25) is 0 Å². The van der Waals surface area contributed by atoms with E-state index in [4.69, 9.17) is 0 Å². The van der Waals surface area contributed by atoms with E-state index in [0.717, 1.165) is 57.9 Å². The fourth-order valence-corrected chi connectivity index (χ4v) is 3.84. The predicted molar refractivity (Wildman–Crippen MR) is 133 cm³/mol. The molecule has 5 rings (SSSR count). The van der Waals surface area contributed by atoms with E-state index >= 15 is 0 Å². The summed E-state index contributed by atoms with van der Waals surface area (Å²) in [6.07, 6.45) is 0. The highest BCUT2D eigenvalue weighted by Crippen LogP contribution is 2.30. The summed E-state index contributed by atoms with van der Waals surface area (Å²) in [5.74, 6) is 1.27. The van der Waals surface area contributed by atoms with Crippen molar-refractivity contribution in [1.82, 2.24) is 30.3 Å². The van der Waals surface area contributed by atoms with E-state index in [0.29, 0.717) is 12.4 Å². The van der Waals surface area contributed by atoms with Crippen LogP contribution in [0.5, 0.6) is 0 Å². The van der Waals surface area contributed by atoms with E-state index in [1.165, 1.54) is 12.1 Å². The number of halogens is 1. The SMILES string of the molecule is CCN(C)Cc1nc(-c2ccc3[nH]nc(-c4cccc(CNc5ccc(F)cc5)c4)c3c2)n[nH]1. The Bertz CT molecular complexity index is 1400. The lowest BCUT2D eigenvalue weighted by atomic mass is 10.0. The van der Waals surface area contributed by atoms with Gasteiger partial charge in [0.05, 0.1) is 17.8 Å². The fourth-order valence-electron chi connectivity index (χ4n) is 3.84. The van der Waals surface area contributed by atoms with Gasteiger partial charge in [-0.05, 0) is 67.7 Å². The van der Waals surface area contributed by atoms with Crippen LogP contribution in [-0.2, 0) is 13.1 Å². The van der Waals surface area contributed by atoms with Crippen molar-refractivity contribution in [2.75, 3.05) is 18.9 Å². The van der Waals surface area contributed by atoms with Gasteiger partial charge in [0, 0.05) is 28.7 Å². The maximum Gasteiger partial charge on any atom is 0.181 e. The number of nitrogens with one attached hydrogen (secondary N) is 3. The van der Waals surface area contributed by atoms with Gasteiger partial charge in [-0.2, -0.15) is 10.2 Å². The number of hydrogen-bond donors (Lipinski definition) is 3. The van der Waals surface area contributed by atoms with Crippen molar-refractivity contribution in [2.24, 2.45) is 0 Å². The van der Waals surface area contributed by atoms with Gasteiger partial charge < -0.3 is 5.32 Å². The third kappa shape index (κ3) is 4.67. The first kappa shape index (κ1) is 21.8. The summed E-state index contributed by atoms with van der Waals surface area (Å²) in [5, 5.41) is 19.5. The van der Waals surface area contributed by atoms with Gasteiger partial charge in [0.1, 0.15) is 11.6 Å². The number of hydrogen-bond acceptors (Lipinski definition) is 5. The fraction of sp³-hybridized carbons (Fsp3) is 0.192. The van der Waals surface area contributed by atoms with E-state index in [1.807, 2.05) is 18.2 Å². The molecule has 0 aliphatic rings. The number of benzene rings is 3. The Morgan fingerprint density at radius 3 is 2.62 bits per heavy atom. The first-order valence-corrected chi connectivity index (χ1v) is 11.3. The molecule has 2 heterocycles. The second-order valence-corrected chi connectivity index (χ2v) is 8.33. The lowest BCUT2D eigenvalue weighted by Gasteiger charge is -2.10. The molecule has 3 N–H and O–H groups in total. The van der Waals surface area contributed by atoms with Gasteiger partial charge in [-0.3, -0.25) is 15.1 Å². The van der Waals surface area contributed by atoms with Crippen molar-refractivity contribution < 1.29 is 4.39 Å². The first-order chi connectivity index (χ1) is 16.6. The molecule has 2 aromatic heterocycles. The van der Waals surface area contributed by atoms with Crippen LogP contribution in [0.1, 0.15) is 18.3 Å². The quantitative estimate of drug-likeness (QED) is 0.299. The van der Waals surface area contributed by atoms with Crippen LogP contribution in [0.4, 0.5) is 10.1 Å². The van der Waals surface area contributed by atoms with Crippen LogP contribution >= 0.6 is 0 Å². The summed E-state index contributed by atoms with van der Waals surface area (Å²) in [4.78, 5) is 6.83. The second-order valence-electron chi connectivity index (χ2n) is 8.33. The molecule has 0 aliphatic heterocycles. The zero-order chi connectivity index (χ0) is 23.5. The average Bonchev–Trinajstić information content (AvgIpc) is 3.50. The maximum atomic E-state index is 13.1. The largest absolute Gasteiger partial charge is 0.381 e. The highest BCUT2D eigenvalue weighted by Gasteiger charge is 2.13. The van der Waals surface area contributed by atoms with Crippen molar-refractivity contribution >= 4 is 16.6 Å². The molecule has 0 spiro atoms. The number of aromatic amines is 2. The summed E-state index contributed by atoms with van der Waals surface area (Å²) < 4.78 is 13.1. The molecule has 8 heteroatoms. The van der Waals surface area contributed by atoms with Crippen LogP contribution in [-0.4, -0.2) is 43.9 Å². The Hall–Kier alpha value is -4.04. The maximum absolute atomic E-state index is 13.1. The molecule has 3 aromatic carbocycles. The summed E-state index contributed by atoms with van der Waals surface area (Å²) in [6, 6.07) is 20.7. The lowest BCUT2D eigenvalue weighted by Crippen LogP contribution is -2.17. The van der Waals surface area contributed by atoms with E-state index in [2.05, 4.69) is 73.8 Å². The molecule has 0 amide bonds. The normalized spacial score (nSPS) is 11.4.